The summed E-state index contributed by atoms with van der Waals surface area (Å²) in [4.78, 5) is 14.3. The summed E-state index contributed by atoms with van der Waals surface area (Å²) in [5.41, 5.74) is 1.04. The summed E-state index contributed by atoms with van der Waals surface area (Å²) in [6.45, 7) is 0. The Bertz CT molecular complexity index is 630. The smallest absolute Gasteiger partial charge is 0.287 e. The van der Waals surface area contributed by atoms with E-state index < -0.39 is 4.92 Å². The maximum Gasteiger partial charge on any atom is 0.287 e. The van der Waals surface area contributed by atoms with Crippen molar-refractivity contribution in [1.29, 1.82) is 0 Å². The molecule has 0 fully saturated rings. The molecule has 2 rings (SSSR count). The second kappa shape index (κ2) is 6.08. The molecule has 110 valence electrons. The Hall–Kier alpha value is -2.83. The highest BCUT2D eigenvalue weighted by molar-refractivity contribution is 5.76. The summed E-state index contributed by atoms with van der Waals surface area (Å²) in [5, 5.41) is 10.7. The Balaban J connectivity index is 2.58. The van der Waals surface area contributed by atoms with Gasteiger partial charge in [-0.05, 0) is 6.07 Å². The maximum atomic E-state index is 10.7. The molecule has 0 unspecified atom stereocenters. The van der Waals surface area contributed by atoms with Crippen LogP contribution < -0.4 is 14.2 Å². The van der Waals surface area contributed by atoms with E-state index in [-0.39, 0.29) is 5.69 Å². The number of benzene rings is 1. The molecule has 0 spiro atoms. The molecule has 0 bridgehead atoms. The third-order valence-electron chi connectivity index (χ3n) is 2.93. The molecule has 1 aromatic heterocycles. The first kappa shape index (κ1) is 14.6. The highest BCUT2D eigenvalue weighted by Gasteiger charge is 2.17. The molecule has 1 heterocycles. The van der Waals surface area contributed by atoms with Gasteiger partial charge in [0.25, 0.3) is 5.69 Å². The van der Waals surface area contributed by atoms with Gasteiger partial charge in [0.05, 0.1) is 37.5 Å². The molecule has 2 aromatic rings. The number of nitrogens with zero attached hydrogens (tertiary/aromatic N) is 2. The lowest BCUT2D eigenvalue weighted by Crippen LogP contribution is -1.97. The van der Waals surface area contributed by atoms with Crippen molar-refractivity contribution in [1.82, 2.24) is 4.98 Å². The molecular weight excluding hydrogens is 276 g/mol. The summed E-state index contributed by atoms with van der Waals surface area (Å²) < 4.78 is 15.8. The first-order valence-electron chi connectivity index (χ1n) is 6.01. The first-order chi connectivity index (χ1) is 10.1. The van der Waals surface area contributed by atoms with Gasteiger partial charge in [0.15, 0.2) is 0 Å². The van der Waals surface area contributed by atoms with E-state index in [9.17, 15) is 10.1 Å². The number of hydrogen-bond donors (Lipinski definition) is 0. The van der Waals surface area contributed by atoms with Crippen molar-refractivity contribution in [3.05, 3.63) is 40.6 Å². The summed E-state index contributed by atoms with van der Waals surface area (Å²) in [5.74, 6) is 1.59. The zero-order valence-electron chi connectivity index (χ0n) is 11.8. The van der Waals surface area contributed by atoms with E-state index in [2.05, 4.69) is 4.98 Å². The second-order valence-electron chi connectivity index (χ2n) is 4.07. The number of rotatable bonds is 5. The molecule has 7 heteroatoms. The fourth-order valence-electron chi connectivity index (χ4n) is 1.90. The molecular formula is C14H14N2O5. The van der Waals surface area contributed by atoms with Gasteiger partial charge in [0.1, 0.15) is 23.4 Å². The monoisotopic (exact) mass is 290 g/mol. The van der Waals surface area contributed by atoms with Crippen molar-refractivity contribution < 1.29 is 19.1 Å². The minimum absolute atomic E-state index is 0.0785. The molecule has 1 aromatic carbocycles. The number of hydrogen-bond acceptors (Lipinski definition) is 6. The average molecular weight is 290 g/mol. The van der Waals surface area contributed by atoms with Crippen LogP contribution in [0.4, 0.5) is 5.69 Å². The lowest BCUT2D eigenvalue weighted by molar-refractivity contribution is -0.385. The predicted octanol–water partition coefficient (Wildman–Crippen LogP) is 2.68. The minimum atomic E-state index is -0.501. The van der Waals surface area contributed by atoms with Crippen LogP contribution in [-0.2, 0) is 0 Å². The molecule has 0 saturated heterocycles. The molecule has 0 aliphatic carbocycles. The van der Waals surface area contributed by atoms with Crippen LogP contribution >= 0.6 is 0 Å². The summed E-state index contributed by atoms with van der Waals surface area (Å²) >= 11 is 0. The zero-order chi connectivity index (χ0) is 15.4. The van der Waals surface area contributed by atoms with Gasteiger partial charge in [-0.3, -0.25) is 10.1 Å². The van der Waals surface area contributed by atoms with E-state index in [0.29, 0.717) is 28.5 Å². The van der Waals surface area contributed by atoms with E-state index in [0.717, 1.165) is 0 Å². The van der Waals surface area contributed by atoms with Crippen LogP contribution in [0.15, 0.2) is 30.5 Å². The molecule has 0 radical (unpaired) electrons. The molecule has 0 N–H and O–H groups in total. The second-order valence-corrected chi connectivity index (χ2v) is 4.07. The first-order valence-corrected chi connectivity index (χ1v) is 6.01. The lowest BCUT2D eigenvalue weighted by atomic mass is 10.1. The number of nitro groups is 1. The van der Waals surface area contributed by atoms with Gasteiger partial charge in [-0.2, -0.15) is 0 Å². The Labute approximate surface area is 121 Å². The SMILES string of the molecule is COc1cc(OC)c(-c2ccc([N+](=O)[O-])cn2)c(OC)c1. The van der Waals surface area contributed by atoms with Crippen LogP contribution in [0.25, 0.3) is 11.3 Å². The zero-order valence-corrected chi connectivity index (χ0v) is 11.8. The van der Waals surface area contributed by atoms with Crippen molar-refractivity contribution in [2.24, 2.45) is 0 Å². The number of ether oxygens (including phenoxy) is 3. The summed E-state index contributed by atoms with van der Waals surface area (Å²) in [6.07, 6.45) is 1.19. The third-order valence-corrected chi connectivity index (χ3v) is 2.93. The van der Waals surface area contributed by atoms with E-state index in [4.69, 9.17) is 14.2 Å². The van der Waals surface area contributed by atoms with Crippen LogP contribution in [0.5, 0.6) is 17.2 Å². The van der Waals surface area contributed by atoms with E-state index in [1.807, 2.05) is 0 Å². The van der Waals surface area contributed by atoms with Gasteiger partial charge in [-0.1, -0.05) is 0 Å². The van der Waals surface area contributed by atoms with Crippen molar-refractivity contribution in [3.63, 3.8) is 0 Å². The third kappa shape index (κ3) is 2.86. The lowest BCUT2D eigenvalue weighted by Gasteiger charge is -2.14. The highest BCUT2D eigenvalue weighted by Crippen LogP contribution is 2.41. The minimum Gasteiger partial charge on any atom is -0.496 e. The quantitative estimate of drug-likeness (QED) is 0.621. The molecule has 7 nitrogen and oxygen atoms in total. The van der Waals surface area contributed by atoms with Crippen molar-refractivity contribution in [2.75, 3.05) is 21.3 Å². The van der Waals surface area contributed by atoms with Crippen LogP contribution in [-0.4, -0.2) is 31.2 Å². The van der Waals surface area contributed by atoms with E-state index >= 15 is 0 Å². The summed E-state index contributed by atoms with van der Waals surface area (Å²) in [6, 6.07) is 6.32. The number of aromatic nitrogens is 1. The van der Waals surface area contributed by atoms with Gasteiger partial charge in [0.2, 0.25) is 0 Å². The van der Waals surface area contributed by atoms with E-state index in [1.54, 1.807) is 18.2 Å². The Kier molecular flexibility index (Phi) is 4.22. The van der Waals surface area contributed by atoms with Crippen LogP contribution in [0.2, 0.25) is 0 Å². The molecule has 0 aliphatic rings. The fourth-order valence-corrected chi connectivity index (χ4v) is 1.90. The largest absolute Gasteiger partial charge is 0.496 e. The highest BCUT2D eigenvalue weighted by atomic mass is 16.6. The average Bonchev–Trinajstić information content (AvgIpc) is 2.53. The van der Waals surface area contributed by atoms with Crippen molar-refractivity contribution in [3.8, 4) is 28.5 Å². The molecule has 0 amide bonds. The molecule has 0 aliphatic heterocycles. The van der Waals surface area contributed by atoms with Gasteiger partial charge >= 0.3 is 0 Å². The standard InChI is InChI=1S/C14H14N2O5/c1-19-10-6-12(20-2)14(13(7-10)21-3)11-5-4-9(8-15-11)16(17)18/h4-8H,1-3H3. The molecule has 0 atom stereocenters. The Morgan fingerprint density at radius 3 is 2.05 bits per heavy atom. The normalized spacial score (nSPS) is 10.0. The van der Waals surface area contributed by atoms with Crippen molar-refractivity contribution in [2.45, 2.75) is 0 Å². The van der Waals surface area contributed by atoms with Gasteiger partial charge in [0, 0.05) is 18.2 Å². The van der Waals surface area contributed by atoms with Gasteiger partial charge in [-0.25, -0.2) is 4.98 Å². The number of pyridine rings is 1. The Morgan fingerprint density at radius 1 is 1.05 bits per heavy atom. The summed E-state index contributed by atoms with van der Waals surface area (Å²) in [7, 11) is 4.57. The number of methoxy groups -OCH3 is 3. The van der Waals surface area contributed by atoms with Crippen LogP contribution in [0.1, 0.15) is 0 Å². The fraction of sp³-hybridized carbons (Fsp3) is 0.214. The Morgan fingerprint density at radius 2 is 1.67 bits per heavy atom. The van der Waals surface area contributed by atoms with Gasteiger partial charge in [-0.15, -0.1) is 0 Å². The van der Waals surface area contributed by atoms with Crippen molar-refractivity contribution >= 4 is 5.69 Å². The predicted molar refractivity (Wildman–Crippen MR) is 76.0 cm³/mol. The van der Waals surface area contributed by atoms with Crippen LogP contribution in [0, 0.1) is 10.1 Å². The molecule has 0 saturated carbocycles. The topological polar surface area (TPSA) is 83.7 Å². The van der Waals surface area contributed by atoms with Gasteiger partial charge < -0.3 is 14.2 Å². The van der Waals surface area contributed by atoms with Crippen LogP contribution in [0.3, 0.4) is 0 Å². The van der Waals surface area contributed by atoms with E-state index in [1.165, 1.54) is 33.6 Å². The maximum absolute atomic E-state index is 10.7. The molecule has 21 heavy (non-hydrogen) atoms.